The third-order valence-corrected chi connectivity index (χ3v) is 6.95. The number of fused-ring (bicyclic) bond motifs is 1. The zero-order valence-corrected chi connectivity index (χ0v) is 21.1. The number of hydrogen-bond donors (Lipinski definition) is 3. The van der Waals surface area contributed by atoms with Gasteiger partial charge in [-0.25, -0.2) is 14.6 Å². The molecule has 2 atom stereocenters. The summed E-state index contributed by atoms with van der Waals surface area (Å²) in [6.07, 6.45) is 1.74. The molecule has 12 nitrogen and oxygen atoms in total. The first-order chi connectivity index (χ1) is 16.4. The number of aromatic nitrogens is 1. The van der Waals surface area contributed by atoms with E-state index in [1.54, 1.807) is 33.1 Å². The van der Waals surface area contributed by atoms with E-state index >= 15 is 0 Å². The number of nitrogens with two attached hydrogens (primary N) is 1. The molecule has 0 aliphatic carbocycles. The fraction of sp³-hybridized carbons (Fsp3) is 0.429. The molecule has 1 fully saturated rings. The second kappa shape index (κ2) is 10.6. The number of β-lactam (4-membered cyclic amide) rings is 1. The quantitative estimate of drug-likeness (QED) is 0.190. The number of nitrogens with one attached hydrogen (secondary N) is 1. The maximum Gasteiger partial charge on any atom is 0.353 e. The average Bonchev–Trinajstić information content (AvgIpc) is 2.77. The predicted molar refractivity (Wildman–Crippen MR) is 130 cm³/mol. The van der Waals surface area contributed by atoms with Crippen molar-refractivity contribution in [3.8, 4) is 0 Å². The van der Waals surface area contributed by atoms with E-state index < -0.39 is 47.4 Å². The summed E-state index contributed by atoms with van der Waals surface area (Å²) in [5.41, 5.74) is 4.66. The Morgan fingerprint density at radius 1 is 1.37 bits per heavy atom. The largest absolute Gasteiger partial charge is 0.477 e. The van der Waals surface area contributed by atoms with Crippen LogP contribution in [0, 0.1) is 0 Å². The van der Waals surface area contributed by atoms with Crippen molar-refractivity contribution in [1.29, 1.82) is 0 Å². The lowest BCUT2D eigenvalue weighted by Crippen LogP contribution is -2.71. The zero-order chi connectivity index (χ0) is 25.9. The number of aliphatic carboxylic acids is 1. The van der Waals surface area contributed by atoms with Gasteiger partial charge < -0.3 is 25.7 Å². The molecular formula is C21H25N5O7S2. The Morgan fingerprint density at radius 3 is 2.69 bits per heavy atom. The Bertz CT molecular complexity index is 1120. The van der Waals surface area contributed by atoms with Crippen molar-refractivity contribution in [1.82, 2.24) is 15.2 Å². The van der Waals surface area contributed by atoms with Crippen LogP contribution in [0.15, 0.2) is 34.0 Å². The Balaban J connectivity index is 1.78. The summed E-state index contributed by atoms with van der Waals surface area (Å²) in [5, 5.41) is 15.3. The summed E-state index contributed by atoms with van der Waals surface area (Å²) in [4.78, 5) is 60.3. The van der Waals surface area contributed by atoms with E-state index in [-0.39, 0.29) is 22.9 Å². The first-order valence-electron chi connectivity index (χ1n) is 10.3. The number of carboxylic acids is 1. The van der Waals surface area contributed by atoms with Crippen molar-refractivity contribution in [2.75, 3.05) is 24.3 Å². The Hall–Kier alpha value is -3.26. The molecule has 35 heavy (non-hydrogen) atoms. The van der Waals surface area contributed by atoms with Gasteiger partial charge >= 0.3 is 11.9 Å². The highest BCUT2D eigenvalue weighted by Crippen LogP contribution is 2.42. The molecule has 0 bridgehead atoms. The van der Waals surface area contributed by atoms with Crippen LogP contribution in [0.3, 0.4) is 0 Å². The van der Waals surface area contributed by atoms with Crippen molar-refractivity contribution >= 4 is 58.8 Å². The van der Waals surface area contributed by atoms with Gasteiger partial charge in [-0.3, -0.25) is 14.5 Å². The fourth-order valence-electron chi connectivity index (χ4n) is 3.27. The minimum Gasteiger partial charge on any atom is -0.477 e. The Kier molecular flexibility index (Phi) is 7.95. The number of nitrogen functional groups attached to an aromatic ring is 1. The third-order valence-electron chi connectivity index (χ3n) is 4.66. The highest BCUT2D eigenvalue weighted by atomic mass is 32.2. The van der Waals surface area contributed by atoms with Crippen LogP contribution in [0.4, 0.5) is 5.82 Å². The number of carboxylic acid groups (broad SMARTS) is 1. The molecule has 3 rings (SSSR count). The molecule has 0 aromatic carbocycles. The van der Waals surface area contributed by atoms with Crippen LogP contribution in [0.5, 0.6) is 0 Å². The van der Waals surface area contributed by atoms with Gasteiger partial charge in [0.1, 0.15) is 34.2 Å². The number of amides is 2. The van der Waals surface area contributed by atoms with E-state index in [9.17, 15) is 24.3 Å². The van der Waals surface area contributed by atoms with Crippen LogP contribution >= 0.6 is 23.5 Å². The standard InChI is InChI=1S/C21H25N5O7S2/c1-21(2,3)33-13(27)8-32-25-14(10-6-5-7-12(22)23-10)17(28)24-15-18(29)26-16(20(30)31)11(34-4)9-35-19(15)26/h5-7,15,19H,8-9H2,1-4H3,(H2,22,23)(H,24,28)(H,30,31)/t15?,19-/m0/s1. The smallest absolute Gasteiger partial charge is 0.353 e. The van der Waals surface area contributed by atoms with Crippen LogP contribution in [-0.4, -0.2) is 80.1 Å². The first kappa shape index (κ1) is 26.3. The molecule has 0 spiro atoms. The van der Waals surface area contributed by atoms with Crippen LogP contribution in [0.1, 0.15) is 26.5 Å². The van der Waals surface area contributed by atoms with Crippen LogP contribution < -0.4 is 11.1 Å². The molecular weight excluding hydrogens is 498 g/mol. The minimum absolute atomic E-state index is 0.0578. The van der Waals surface area contributed by atoms with Crippen molar-refractivity contribution in [3.63, 3.8) is 0 Å². The minimum atomic E-state index is -1.21. The number of rotatable bonds is 8. The molecule has 2 amide bonds. The number of carbonyl (C=O) groups is 4. The molecule has 2 aliphatic rings. The summed E-state index contributed by atoms with van der Waals surface area (Å²) in [5.74, 6) is -2.76. The fourth-order valence-corrected chi connectivity index (χ4v) is 5.51. The first-order valence-corrected chi connectivity index (χ1v) is 12.6. The predicted octanol–water partition coefficient (Wildman–Crippen LogP) is 0.785. The van der Waals surface area contributed by atoms with Gasteiger partial charge in [0.05, 0.1) is 0 Å². The number of nitrogens with zero attached hydrogens (tertiary/aromatic N) is 3. The van der Waals surface area contributed by atoms with Crippen LogP contribution in [0.2, 0.25) is 0 Å². The Morgan fingerprint density at radius 2 is 2.09 bits per heavy atom. The summed E-state index contributed by atoms with van der Waals surface area (Å²) >= 11 is 2.60. The number of oxime groups is 1. The van der Waals surface area contributed by atoms with Gasteiger partial charge in [-0.15, -0.1) is 23.5 Å². The lowest BCUT2D eigenvalue weighted by atomic mass is 10.0. The summed E-state index contributed by atoms with van der Waals surface area (Å²) in [6, 6.07) is 3.54. The zero-order valence-electron chi connectivity index (χ0n) is 19.4. The van der Waals surface area contributed by atoms with E-state index in [2.05, 4.69) is 15.5 Å². The Labute approximate surface area is 209 Å². The second-order valence-electron chi connectivity index (χ2n) is 8.39. The SMILES string of the molecule is CSC1=C(C(=O)O)N2C(=O)C(NC(=O)C(=NOCC(=O)OC(C)(C)C)c3cccc(N)n3)[C@@H]2SC1. The van der Waals surface area contributed by atoms with Gasteiger partial charge in [0, 0.05) is 10.7 Å². The normalized spacial score (nSPS) is 20.1. The number of esters is 1. The van der Waals surface area contributed by atoms with E-state index in [1.807, 2.05) is 0 Å². The van der Waals surface area contributed by atoms with E-state index in [4.69, 9.17) is 15.3 Å². The third kappa shape index (κ3) is 6.06. The number of hydrogen-bond acceptors (Lipinski definition) is 11. The topological polar surface area (TPSA) is 174 Å². The highest BCUT2D eigenvalue weighted by molar-refractivity contribution is 8.05. The molecule has 1 unspecified atom stereocenters. The highest BCUT2D eigenvalue weighted by Gasteiger charge is 2.54. The monoisotopic (exact) mass is 523 g/mol. The van der Waals surface area contributed by atoms with E-state index in [1.165, 1.54) is 40.6 Å². The van der Waals surface area contributed by atoms with Crippen molar-refractivity contribution < 1.29 is 33.9 Å². The van der Waals surface area contributed by atoms with Gasteiger partial charge in [-0.2, -0.15) is 0 Å². The van der Waals surface area contributed by atoms with Crippen LogP contribution in [0.25, 0.3) is 0 Å². The lowest BCUT2D eigenvalue weighted by molar-refractivity contribution is -0.160. The number of ether oxygens (including phenoxy) is 1. The molecule has 1 aromatic rings. The molecule has 188 valence electrons. The van der Waals surface area contributed by atoms with Gasteiger partial charge in [-0.1, -0.05) is 11.2 Å². The van der Waals surface area contributed by atoms with E-state index in [0.29, 0.717) is 10.7 Å². The molecule has 3 heterocycles. The number of pyridine rings is 1. The summed E-state index contributed by atoms with van der Waals surface area (Å²) < 4.78 is 5.14. The molecule has 0 radical (unpaired) electrons. The maximum absolute atomic E-state index is 13.1. The van der Waals surface area contributed by atoms with Crippen molar-refractivity contribution in [2.24, 2.45) is 5.16 Å². The van der Waals surface area contributed by atoms with Crippen molar-refractivity contribution in [2.45, 2.75) is 37.8 Å². The second-order valence-corrected chi connectivity index (χ2v) is 10.4. The number of carbonyl (C=O) groups excluding carboxylic acids is 3. The molecule has 4 N–H and O–H groups in total. The lowest BCUT2D eigenvalue weighted by Gasteiger charge is -2.49. The van der Waals surface area contributed by atoms with Gasteiger partial charge in [-0.05, 0) is 39.2 Å². The van der Waals surface area contributed by atoms with Crippen molar-refractivity contribution in [3.05, 3.63) is 34.5 Å². The summed E-state index contributed by atoms with van der Waals surface area (Å²) in [6.45, 7) is 4.52. The molecule has 1 saturated heterocycles. The molecule has 2 aliphatic heterocycles. The van der Waals surface area contributed by atoms with Crippen LogP contribution in [-0.2, 0) is 28.8 Å². The molecule has 1 aromatic heterocycles. The number of thioether (sulfide) groups is 2. The van der Waals surface area contributed by atoms with E-state index in [0.717, 1.165) is 0 Å². The summed E-state index contributed by atoms with van der Waals surface area (Å²) in [7, 11) is 0. The van der Waals surface area contributed by atoms with Gasteiger partial charge in [0.15, 0.2) is 5.71 Å². The van der Waals surface area contributed by atoms with Gasteiger partial charge in [0.2, 0.25) is 6.61 Å². The number of anilines is 1. The maximum atomic E-state index is 13.1. The average molecular weight is 524 g/mol. The molecule has 0 saturated carbocycles. The van der Waals surface area contributed by atoms with Gasteiger partial charge in [0.25, 0.3) is 11.8 Å². The molecule has 14 heteroatoms.